The van der Waals surface area contributed by atoms with Crippen LogP contribution in [0.4, 0.5) is 9.59 Å². The van der Waals surface area contributed by atoms with Gasteiger partial charge in [0.2, 0.25) is 0 Å². The van der Waals surface area contributed by atoms with Gasteiger partial charge in [0.25, 0.3) is 0 Å². The summed E-state index contributed by atoms with van der Waals surface area (Å²) in [6, 6.07) is 8.80. The summed E-state index contributed by atoms with van der Waals surface area (Å²) >= 11 is 0. The maximum Gasteiger partial charge on any atom is 0.407 e. The molecule has 1 aromatic carbocycles. The van der Waals surface area contributed by atoms with Gasteiger partial charge in [-0.2, -0.15) is 0 Å². The van der Waals surface area contributed by atoms with Crippen LogP contribution in [-0.4, -0.2) is 41.6 Å². The molecular formula is C14H20N2O5. The van der Waals surface area contributed by atoms with E-state index in [4.69, 9.17) is 14.9 Å². The number of hydrogen-bond acceptors (Lipinski definition) is 4. The number of nitrogens with one attached hydrogen (secondary N) is 2. The zero-order chi connectivity index (χ0) is 15.5. The van der Waals surface area contributed by atoms with Gasteiger partial charge >= 0.3 is 12.2 Å². The van der Waals surface area contributed by atoms with Crippen molar-refractivity contribution >= 4 is 12.2 Å². The number of ether oxygens (including phenoxy) is 1. The molecule has 0 spiro atoms. The summed E-state index contributed by atoms with van der Waals surface area (Å²) in [5, 5.41) is 22.3. The fourth-order valence-electron chi connectivity index (χ4n) is 1.68. The molecule has 0 fully saturated rings. The normalized spacial score (nSPS) is 11.5. The lowest BCUT2D eigenvalue weighted by atomic mass is 10.1. The van der Waals surface area contributed by atoms with Crippen LogP contribution in [0.2, 0.25) is 0 Å². The highest BCUT2D eigenvalue weighted by Crippen LogP contribution is 2.02. The van der Waals surface area contributed by atoms with Crippen LogP contribution in [0.25, 0.3) is 0 Å². The van der Waals surface area contributed by atoms with Gasteiger partial charge in [-0.1, -0.05) is 30.3 Å². The second kappa shape index (κ2) is 9.60. The fourth-order valence-corrected chi connectivity index (χ4v) is 1.68. The standard InChI is InChI=1S/C14H20N2O5/c17-9-12(7-4-8-15-13(18)19)16-14(20)21-10-11-5-2-1-3-6-11/h1-3,5-6,12,15,17H,4,7-10H2,(H,16,20)(H,18,19)/t12-/m0/s1. The van der Waals surface area contributed by atoms with Crippen molar-refractivity contribution in [1.29, 1.82) is 0 Å². The lowest BCUT2D eigenvalue weighted by molar-refractivity contribution is 0.128. The topological polar surface area (TPSA) is 108 Å². The van der Waals surface area contributed by atoms with E-state index in [9.17, 15) is 9.59 Å². The van der Waals surface area contributed by atoms with E-state index in [1.807, 2.05) is 30.3 Å². The Kier molecular flexibility index (Phi) is 7.67. The highest BCUT2D eigenvalue weighted by molar-refractivity contribution is 5.67. The monoisotopic (exact) mass is 296 g/mol. The van der Waals surface area contributed by atoms with Crippen LogP contribution in [0.5, 0.6) is 0 Å². The van der Waals surface area contributed by atoms with Gasteiger partial charge in [-0.3, -0.25) is 0 Å². The molecule has 0 heterocycles. The van der Waals surface area contributed by atoms with E-state index in [2.05, 4.69) is 10.6 Å². The molecule has 0 aliphatic carbocycles. The second-order valence-electron chi connectivity index (χ2n) is 4.46. The zero-order valence-corrected chi connectivity index (χ0v) is 11.6. The van der Waals surface area contributed by atoms with Crippen molar-refractivity contribution in [2.45, 2.75) is 25.5 Å². The number of carbonyl (C=O) groups excluding carboxylic acids is 1. The van der Waals surface area contributed by atoms with Crippen molar-refractivity contribution in [3.8, 4) is 0 Å². The molecule has 0 aliphatic heterocycles. The van der Waals surface area contributed by atoms with Gasteiger partial charge in [0.1, 0.15) is 6.61 Å². The van der Waals surface area contributed by atoms with Crippen molar-refractivity contribution in [2.24, 2.45) is 0 Å². The van der Waals surface area contributed by atoms with Crippen LogP contribution in [0, 0.1) is 0 Å². The number of carbonyl (C=O) groups is 2. The molecule has 2 amide bonds. The smallest absolute Gasteiger partial charge is 0.407 e. The lowest BCUT2D eigenvalue weighted by Crippen LogP contribution is -2.38. The number of alkyl carbamates (subject to hydrolysis) is 1. The number of amides is 2. The van der Waals surface area contributed by atoms with Crippen molar-refractivity contribution < 1.29 is 24.5 Å². The Balaban J connectivity index is 2.22. The Bertz CT molecular complexity index is 438. The highest BCUT2D eigenvalue weighted by Gasteiger charge is 2.12. The molecule has 0 unspecified atom stereocenters. The molecule has 7 nitrogen and oxygen atoms in total. The minimum absolute atomic E-state index is 0.158. The molecule has 116 valence electrons. The second-order valence-corrected chi connectivity index (χ2v) is 4.46. The van der Waals surface area contributed by atoms with E-state index in [1.54, 1.807) is 0 Å². The Morgan fingerprint density at radius 2 is 1.95 bits per heavy atom. The van der Waals surface area contributed by atoms with Gasteiger partial charge in [-0.25, -0.2) is 9.59 Å². The van der Waals surface area contributed by atoms with E-state index in [0.717, 1.165) is 5.56 Å². The number of rotatable bonds is 8. The van der Waals surface area contributed by atoms with Crippen molar-refractivity contribution in [2.75, 3.05) is 13.2 Å². The molecule has 0 radical (unpaired) electrons. The average Bonchev–Trinajstić information content (AvgIpc) is 2.49. The Morgan fingerprint density at radius 1 is 1.24 bits per heavy atom. The summed E-state index contributed by atoms with van der Waals surface area (Å²) in [5.74, 6) is 0. The van der Waals surface area contributed by atoms with Crippen LogP contribution >= 0.6 is 0 Å². The summed E-state index contributed by atoms with van der Waals surface area (Å²) in [4.78, 5) is 21.8. The first-order valence-corrected chi connectivity index (χ1v) is 6.66. The number of aliphatic hydroxyl groups excluding tert-OH is 1. The maximum atomic E-state index is 11.6. The van der Waals surface area contributed by atoms with E-state index in [0.29, 0.717) is 12.8 Å². The first-order chi connectivity index (χ1) is 10.1. The molecule has 0 saturated carbocycles. The van der Waals surface area contributed by atoms with Crippen LogP contribution in [0.15, 0.2) is 30.3 Å². The Morgan fingerprint density at radius 3 is 2.57 bits per heavy atom. The third-order valence-corrected chi connectivity index (χ3v) is 2.76. The van der Waals surface area contributed by atoms with Gasteiger partial charge < -0.3 is 25.6 Å². The largest absolute Gasteiger partial charge is 0.465 e. The van der Waals surface area contributed by atoms with Gasteiger partial charge in [0.15, 0.2) is 0 Å². The SMILES string of the molecule is O=C(O)NCCC[C@@H](CO)NC(=O)OCc1ccccc1. The number of hydrogen-bond donors (Lipinski definition) is 4. The molecule has 4 N–H and O–H groups in total. The highest BCUT2D eigenvalue weighted by atomic mass is 16.5. The predicted molar refractivity (Wildman–Crippen MR) is 75.9 cm³/mol. The van der Waals surface area contributed by atoms with Crippen LogP contribution in [0.3, 0.4) is 0 Å². The minimum atomic E-state index is -1.09. The van der Waals surface area contributed by atoms with E-state index in [1.165, 1.54) is 0 Å². The molecule has 0 saturated heterocycles. The first-order valence-electron chi connectivity index (χ1n) is 6.66. The molecule has 7 heteroatoms. The minimum Gasteiger partial charge on any atom is -0.465 e. The van der Waals surface area contributed by atoms with E-state index in [-0.39, 0.29) is 19.8 Å². The summed E-state index contributed by atoms with van der Waals surface area (Å²) in [6.45, 7) is 0.200. The van der Waals surface area contributed by atoms with Crippen molar-refractivity contribution in [3.63, 3.8) is 0 Å². The molecule has 21 heavy (non-hydrogen) atoms. The Labute approximate surface area is 122 Å². The van der Waals surface area contributed by atoms with Gasteiger partial charge in [0, 0.05) is 6.54 Å². The first kappa shape index (κ1) is 16.8. The van der Waals surface area contributed by atoms with E-state index >= 15 is 0 Å². The summed E-state index contributed by atoms with van der Waals surface area (Å²) in [6.07, 6.45) is -0.733. The molecule has 1 rings (SSSR count). The molecule has 1 atom stereocenters. The quantitative estimate of drug-likeness (QED) is 0.541. The molecule has 0 bridgehead atoms. The van der Waals surface area contributed by atoms with E-state index < -0.39 is 18.2 Å². The number of carboxylic acid groups (broad SMARTS) is 1. The van der Waals surface area contributed by atoms with Crippen LogP contribution in [0.1, 0.15) is 18.4 Å². The maximum absolute atomic E-state index is 11.6. The third-order valence-electron chi connectivity index (χ3n) is 2.76. The molecule has 0 aliphatic rings. The van der Waals surface area contributed by atoms with Gasteiger partial charge in [0.05, 0.1) is 12.6 Å². The lowest BCUT2D eigenvalue weighted by Gasteiger charge is -2.16. The average molecular weight is 296 g/mol. The van der Waals surface area contributed by atoms with Crippen molar-refractivity contribution in [1.82, 2.24) is 10.6 Å². The summed E-state index contributed by atoms with van der Waals surface area (Å²) < 4.78 is 5.03. The predicted octanol–water partition coefficient (Wildman–Crippen LogP) is 1.32. The van der Waals surface area contributed by atoms with Gasteiger partial charge in [-0.15, -0.1) is 0 Å². The van der Waals surface area contributed by atoms with Crippen LogP contribution < -0.4 is 10.6 Å². The molecule has 1 aromatic rings. The Hall–Kier alpha value is -2.28. The summed E-state index contributed by atoms with van der Waals surface area (Å²) in [5.41, 5.74) is 0.874. The summed E-state index contributed by atoms with van der Waals surface area (Å²) in [7, 11) is 0. The molecular weight excluding hydrogens is 276 g/mol. The fraction of sp³-hybridized carbons (Fsp3) is 0.429. The van der Waals surface area contributed by atoms with Crippen molar-refractivity contribution in [3.05, 3.63) is 35.9 Å². The third kappa shape index (κ3) is 7.78. The number of benzene rings is 1. The molecule has 0 aromatic heterocycles. The van der Waals surface area contributed by atoms with Gasteiger partial charge in [-0.05, 0) is 18.4 Å². The van der Waals surface area contributed by atoms with Crippen LogP contribution in [-0.2, 0) is 11.3 Å². The number of aliphatic hydroxyl groups is 1. The zero-order valence-electron chi connectivity index (χ0n) is 11.6.